The summed E-state index contributed by atoms with van der Waals surface area (Å²) in [5.74, 6) is 0. The molecule has 0 aromatic rings. The van der Waals surface area contributed by atoms with Crippen molar-refractivity contribution in [2.75, 3.05) is 27.3 Å². The maximum Gasteiger partial charge on any atom is 0.136 e. The molecule has 0 bridgehead atoms. The van der Waals surface area contributed by atoms with Gasteiger partial charge < -0.3 is 4.48 Å². The Hall–Kier alpha value is 0.578. The summed E-state index contributed by atoms with van der Waals surface area (Å²) in [5.41, 5.74) is 0. The predicted molar refractivity (Wildman–Crippen MR) is 28.3 cm³/mol. The van der Waals surface area contributed by atoms with E-state index in [2.05, 4.69) is 7.05 Å². The van der Waals surface area contributed by atoms with Gasteiger partial charge in [0.25, 0.3) is 0 Å². The molecular formula is C5H12FNW. The number of alkyl halides is 1. The molecule has 0 rings (SSSR count). The van der Waals surface area contributed by atoms with E-state index in [1.807, 2.05) is 14.1 Å². The zero-order valence-corrected chi connectivity index (χ0v) is 8.29. The molecule has 8 heavy (non-hydrogen) atoms. The monoisotopic (exact) mass is 289 g/mol. The summed E-state index contributed by atoms with van der Waals surface area (Å²) in [5, 5.41) is 0. The van der Waals surface area contributed by atoms with Crippen LogP contribution in [0.2, 0.25) is 0 Å². The number of nitrogens with zero attached hydrogens (tertiary/aromatic N) is 1. The van der Waals surface area contributed by atoms with Crippen LogP contribution in [0.5, 0.6) is 0 Å². The van der Waals surface area contributed by atoms with Gasteiger partial charge in [-0.25, -0.2) is 4.39 Å². The van der Waals surface area contributed by atoms with Crippen LogP contribution in [0.15, 0.2) is 0 Å². The molecule has 0 atom stereocenters. The average molecular weight is 289 g/mol. The maximum absolute atomic E-state index is 11.4. The van der Waals surface area contributed by atoms with Gasteiger partial charge in [0.15, 0.2) is 0 Å². The SMILES string of the molecule is [CH2-][N+](C)(C)CCF.[W]. The molecule has 0 aliphatic rings. The summed E-state index contributed by atoms with van der Waals surface area (Å²) >= 11 is 0. The van der Waals surface area contributed by atoms with E-state index in [0.29, 0.717) is 11.0 Å². The molecule has 0 aliphatic carbocycles. The van der Waals surface area contributed by atoms with E-state index >= 15 is 0 Å². The number of rotatable bonds is 2. The zero-order valence-electron chi connectivity index (χ0n) is 5.35. The minimum atomic E-state index is -0.281. The topological polar surface area (TPSA) is 0 Å². The van der Waals surface area contributed by atoms with Crippen LogP contribution in [0.4, 0.5) is 4.39 Å². The van der Waals surface area contributed by atoms with E-state index in [0.717, 1.165) is 0 Å². The van der Waals surface area contributed by atoms with Gasteiger partial charge in [-0.1, -0.05) is 0 Å². The third-order valence-corrected chi connectivity index (χ3v) is 0.690. The molecule has 0 aromatic carbocycles. The predicted octanol–water partition coefficient (Wildman–Crippen LogP) is 0.821. The Bertz CT molecular complexity index is 50.9. The van der Waals surface area contributed by atoms with E-state index in [1.165, 1.54) is 0 Å². The molecule has 0 unspecified atom stereocenters. The van der Waals surface area contributed by atoms with Crippen LogP contribution in [0, 0.1) is 7.05 Å². The number of hydrogen-bond acceptors (Lipinski definition) is 0. The van der Waals surface area contributed by atoms with Gasteiger partial charge in [0, 0.05) is 35.2 Å². The Morgan fingerprint density at radius 2 is 1.88 bits per heavy atom. The van der Waals surface area contributed by atoms with Crippen molar-refractivity contribution in [1.29, 1.82) is 0 Å². The molecule has 0 saturated carbocycles. The summed E-state index contributed by atoms with van der Waals surface area (Å²) in [6.45, 7) is 0.219. The number of hydrogen-bond donors (Lipinski definition) is 0. The summed E-state index contributed by atoms with van der Waals surface area (Å²) < 4.78 is 11.9. The van der Waals surface area contributed by atoms with Crippen LogP contribution in [0.25, 0.3) is 0 Å². The second-order valence-electron chi connectivity index (χ2n) is 2.35. The van der Waals surface area contributed by atoms with E-state index < -0.39 is 0 Å². The quantitative estimate of drug-likeness (QED) is 0.521. The fourth-order valence-electron chi connectivity index (χ4n) is 0.229. The minimum Gasteiger partial charge on any atom is -0.460 e. The normalized spacial score (nSPS) is 10.5. The molecule has 0 fully saturated rings. The molecule has 3 heteroatoms. The van der Waals surface area contributed by atoms with Crippen LogP contribution in [0.1, 0.15) is 0 Å². The summed E-state index contributed by atoms with van der Waals surface area (Å²) in [4.78, 5) is 0. The second-order valence-corrected chi connectivity index (χ2v) is 2.35. The van der Waals surface area contributed by atoms with Crippen molar-refractivity contribution in [1.82, 2.24) is 0 Å². The molecule has 50 valence electrons. The maximum atomic E-state index is 11.4. The fraction of sp³-hybridized carbons (Fsp3) is 0.800. The third-order valence-electron chi connectivity index (χ3n) is 0.690. The molecule has 1 nitrogen and oxygen atoms in total. The Balaban J connectivity index is 0. The van der Waals surface area contributed by atoms with Crippen molar-refractivity contribution in [3.8, 4) is 0 Å². The van der Waals surface area contributed by atoms with E-state index in [1.54, 1.807) is 0 Å². The molecule has 0 saturated heterocycles. The van der Waals surface area contributed by atoms with Gasteiger partial charge >= 0.3 is 0 Å². The Morgan fingerprint density at radius 3 is 1.88 bits per heavy atom. The molecule has 0 heterocycles. The fourth-order valence-corrected chi connectivity index (χ4v) is 0.229. The van der Waals surface area contributed by atoms with E-state index in [4.69, 9.17) is 0 Å². The van der Waals surface area contributed by atoms with Gasteiger partial charge in [0.05, 0.1) is 6.54 Å². The van der Waals surface area contributed by atoms with Crippen LogP contribution in [0.3, 0.4) is 0 Å². The van der Waals surface area contributed by atoms with Crippen LogP contribution in [-0.4, -0.2) is 31.8 Å². The first-order valence-electron chi connectivity index (χ1n) is 2.29. The first-order chi connectivity index (χ1) is 3.06. The van der Waals surface area contributed by atoms with Gasteiger partial charge in [-0.05, 0) is 0 Å². The van der Waals surface area contributed by atoms with E-state index in [9.17, 15) is 4.39 Å². The molecular weight excluding hydrogens is 277 g/mol. The number of quaternary nitrogens is 1. The molecule has 0 radical (unpaired) electrons. The Kier molecular flexibility index (Phi) is 6.34. The first kappa shape index (κ1) is 11.4. The largest absolute Gasteiger partial charge is 0.460 e. The Morgan fingerprint density at radius 1 is 1.50 bits per heavy atom. The third kappa shape index (κ3) is 9.77. The molecule has 0 spiro atoms. The van der Waals surface area contributed by atoms with Crippen LogP contribution < -0.4 is 0 Å². The van der Waals surface area contributed by atoms with Crippen LogP contribution >= 0.6 is 0 Å². The van der Waals surface area contributed by atoms with Crippen LogP contribution in [-0.2, 0) is 21.1 Å². The van der Waals surface area contributed by atoms with Gasteiger partial charge in [0.2, 0.25) is 0 Å². The van der Waals surface area contributed by atoms with Gasteiger partial charge in [0.1, 0.15) is 6.67 Å². The molecule has 0 aliphatic heterocycles. The summed E-state index contributed by atoms with van der Waals surface area (Å²) in [6, 6.07) is 0. The zero-order chi connectivity index (χ0) is 5.91. The van der Waals surface area contributed by atoms with Gasteiger partial charge in [-0.2, -0.15) is 0 Å². The molecule has 0 aromatic heterocycles. The molecule has 0 amide bonds. The van der Waals surface area contributed by atoms with Crippen molar-refractivity contribution >= 4 is 0 Å². The summed E-state index contributed by atoms with van der Waals surface area (Å²) in [7, 11) is 7.38. The van der Waals surface area contributed by atoms with Crippen molar-refractivity contribution in [2.45, 2.75) is 0 Å². The summed E-state index contributed by atoms with van der Waals surface area (Å²) in [6.07, 6.45) is 0. The van der Waals surface area contributed by atoms with Gasteiger partial charge in [-0.15, -0.1) is 7.05 Å². The average Bonchev–Trinajstić information content (AvgIpc) is 1.30. The minimum absolute atomic E-state index is 0. The van der Waals surface area contributed by atoms with Crippen molar-refractivity contribution in [2.24, 2.45) is 0 Å². The number of halogens is 1. The molecule has 0 N–H and O–H groups in total. The second kappa shape index (κ2) is 4.46. The first-order valence-corrected chi connectivity index (χ1v) is 2.29. The standard InChI is InChI=1S/C5H12FN.W/c1-7(2,3)5-4-6;/h1,4-5H2,2-3H3;. The van der Waals surface area contributed by atoms with Crippen molar-refractivity contribution in [3.63, 3.8) is 0 Å². The van der Waals surface area contributed by atoms with E-state index in [-0.39, 0.29) is 27.7 Å². The van der Waals surface area contributed by atoms with Crippen molar-refractivity contribution < 1.29 is 29.9 Å². The Labute approximate surface area is 64.7 Å². The van der Waals surface area contributed by atoms with Gasteiger partial charge in [-0.3, -0.25) is 0 Å². The smallest absolute Gasteiger partial charge is 0.136 e. The van der Waals surface area contributed by atoms with Crippen molar-refractivity contribution in [3.05, 3.63) is 7.05 Å².